The van der Waals surface area contributed by atoms with Crippen LogP contribution in [-0.4, -0.2) is 72.3 Å². The van der Waals surface area contributed by atoms with E-state index in [1.165, 1.54) is 0 Å². The molecule has 1 aliphatic heterocycles. The quantitative estimate of drug-likeness (QED) is 0.313. The fraction of sp³-hybridized carbons (Fsp3) is 0.667. The Balaban J connectivity index is 1.64. The van der Waals surface area contributed by atoms with Crippen LogP contribution in [0.5, 0.6) is 0 Å². The van der Waals surface area contributed by atoms with E-state index in [2.05, 4.69) is 22.5 Å². The van der Waals surface area contributed by atoms with Crippen LogP contribution in [0.3, 0.4) is 0 Å². The summed E-state index contributed by atoms with van der Waals surface area (Å²) >= 11 is 0. The zero-order valence-electron chi connectivity index (χ0n) is 17.7. The maximum absolute atomic E-state index is 14.5. The number of hydrogen-bond donors (Lipinski definition) is 2. The summed E-state index contributed by atoms with van der Waals surface area (Å²) in [6.07, 6.45) is 2.23. The zero-order valence-corrected chi connectivity index (χ0v) is 17.7. The van der Waals surface area contributed by atoms with Crippen molar-refractivity contribution in [1.29, 1.82) is 0 Å². The van der Waals surface area contributed by atoms with E-state index >= 15 is 0 Å². The van der Waals surface area contributed by atoms with Crippen molar-refractivity contribution >= 4 is 11.6 Å². The molecular weight excluding hydrogens is 375 g/mol. The van der Waals surface area contributed by atoms with Gasteiger partial charge in [-0.15, -0.1) is 0 Å². The van der Waals surface area contributed by atoms with E-state index in [1.807, 2.05) is 17.0 Å². The number of halogens is 1. The molecule has 29 heavy (non-hydrogen) atoms. The lowest BCUT2D eigenvalue weighted by Crippen LogP contribution is -2.38. The highest BCUT2D eigenvalue weighted by Crippen LogP contribution is 2.21. The molecule has 0 radical (unpaired) electrons. The van der Waals surface area contributed by atoms with Gasteiger partial charge in [-0.1, -0.05) is 19.4 Å². The molecule has 2 N–H and O–H groups in total. The fourth-order valence-corrected chi connectivity index (χ4v) is 2.94. The molecule has 8 heteroatoms. The highest BCUT2D eigenvalue weighted by molar-refractivity contribution is 5.79. The van der Waals surface area contributed by atoms with Gasteiger partial charge in [0.25, 0.3) is 0 Å². The molecule has 1 heterocycles. The van der Waals surface area contributed by atoms with E-state index in [1.54, 1.807) is 13.1 Å². The van der Waals surface area contributed by atoms with Gasteiger partial charge in [0.05, 0.1) is 38.7 Å². The first-order valence-corrected chi connectivity index (χ1v) is 10.5. The predicted octanol–water partition coefficient (Wildman–Crippen LogP) is 2.16. The predicted molar refractivity (Wildman–Crippen MR) is 114 cm³/mol. The van der Waals surface area contributed by atoms with Crippen LogP contribution in [0.25, 0.3) is 0 Å². The first kappa shape index (κ1) is 23.4. The van der Waals surface area contributed by atoms with E-state index in [4.69, 9.17) is 14.2 Å². The van der Waals surface area contributed by atoms with E-state index in [0.29, 0.717) is 57.8 Å². The summed E-state index contributed by atoms with van der Waals surface area (Å²) in [4.78, 5) is 6.20. The van der Waals surface area contributed by atoms with Crippen molar-refractivity contribution in [3.05, 3.63) is 29.6 Å². The van der Waals surface area contributed by atoms with Gasteiger partial charge < -0.3 is 29.7 Å². The standard InChI is InChI=1S/C21H35FN4O3/c1-3-4-10-27-14-15-28-11-7-24-21(23-2)25-17-18-5-6-20(19(22)16-18)26-8-12-29-13-9-26/h5-6,16H,3-4,7-15,17H2,1-2H3,(H2,23,24,25). The normalized spacial score (nSPS) is 14.9. The number of aliphatic imine (C=N–C) groups is 1. The first-order chi connectivity index (χ1) is 14.2. The van der Waals surface area contributed by atoms with Gasteiger partial charge in [-0.05, 0) is 24.1 Å². The number of rotatable bonds is 12. The van der Waals surface area contributed by atoms with Crippen molar-refractivity contribution in [3.8, 4) is 0 Å². The molecule has 0 amide bonds. The highest BCUT2D eigenvalue weighted by atomic mass is 19.1. The number of hydrogen-bond acceptors (Lipinski definition) is 5. The summed E-state index contributed by atoms with van der Waals surface area (Å²) in [5, 5.41) is 6.38. The molecule has 0 atom stereocenters. The Morgan fingerprint density at radius 3 is 2.59 bits per heavy atom. The van der Waals surface area contributed by atoms with Gasteiger partial charge in [0.1, 0.15) is 5.82 Å². The number of anilines is 1. The molecule has 1 aromatic rings. The highest BCUT2D eigenvalue weighted by Gasteiger charge is 2.15. The second-order valence-electron chi connectivity index (χ2n) is 6.82. The second-order valence-corrected chi connectivity index (χ2v) is 6.82. The van der Waals surface area contributed by atoms with Gasteiger partial charge in [0.2, 0.25) is 0 Å². The fourth-order valence-electron chi connectivity index (χ4n) is 2.94. The van der Waals surface area contributed by atoms with Crippen LogP contribution in [-0.2, 0) is 20.8 Å². The van der Waals surface area contributed by atoms with Crippen LogP contribution in [0.1, 0.15) is 25.3 Å². The van der Waals surface area contributed by atoms with Gasteiger partial charge in [0.15, 0.2) is 5.96 Å². The third-order valence-electron chi connectivity index (χ3n) is 4.60. The van der Waals surface area contributed by atoms with Crippen LogP contribution >= 0.6 is 0 Å². The lowest BCUT2D eigenvalue weighted by atomic mass is 10.1. The SMILES string of the molecule is CCCCOCCOCCNC(=NC)NCc1ccc(N2CCOCC2)c(F)c1. The summed E-state index contributed by atoms with van der Waals surface area (Å²) in [6.45, 7) is 8.57. The van der Waals surface area contributed by atoms with E-state index in [-0.39, 0.29) is 5.82 Å². The Morgan fingerprint density at radius 2 is 1.90 bits per heavy atom. The van der Waals surface area contributed by atoms with Crippen molar-refractivity contribution in [3.63, 3.8) is 0 Å². The molecule has 0 saturated carbocycles. The third-order valence-corrected chi connectivity index (χ3v) is 4.60. The van der Waals surface area contributed by atoms with E-state index < -0.39 is 0 Å². The molecule has 0 bridgehead atoms. The molecule has 164 valence electrons. The average Bonchev–Trinajstić information content (AvgIpc) is 2.75. The largest absolute Gasteiger partial charge is 0.379 e. The maximum atomic E-state index is 14.5. The molecule has 1 aliphatic rings. The number of nitrogens with one attached hydrogen (secondary N) is 2. The van der Waals surface area contributed by atoms with Gasteiger partial charge in [-0.3, -0.25) is 4.99 Å². The molecular formula is C21H35FN4O3. The van der Waals surface area contributed by atoms with Crippen molar-refractivity contribution in [2.45, 2.75) is 26.3 Å². The summed E-state index contributed by atoms with van der Waals surface area (Å²) in [7, 11) is 1.71. The maximum Gasteiger partial charge on any atom is 0.191 e. The molecule has 0 aliphatic carbocycles. The van der Waals surface area contributed by atoms with Crippen molar-refractivity contribution < 1.29 is 18.6 Å². The number of nitrogens with zero attached hydrogens (tertiary/aromatic N) is 2. The summed E-state index contributed by atoms with van der Waals surface area (Å²) in [5.74, 6) is 0.453. The Kier molecular flexibility index (Phi) is 11.4. The Bertz CT molecular complexity index is 610. The van der Waals surface area contributed by atoms with Gasteiger partial charge in [-0.2, -0.15) is 0 Å². The van der Waals surface area contributed by atoms with Crippen LogP contribution in [0, 0.1) is 5.82 Å². The summed E-state index contributed by atoms with van der Waals surface area (Å²) < 4.78 is 30.8. The monoisotopic (exact) mass is 410 g/mol. The number of morpholine rings is 1. The topological polar surface area (TPSA) is 67.4 Å². The smallest absolute Gasteiger partial charge is 0.191 e. The number of ether oxygens (including phenoxy) is 3. The van der Waals surface area contributed by atoms with Crippen molar-refractivity contribution in [1.82, 2.24) is 10.6 Å². The molecule has 0 aromatic heterocycles. The van der Waals surface area contributed by atoms with Gasteiger partial charge >= 0.3 is 0 Å². The first-order valence-electron chi connectivity index (χ1n) is 10.5. The molecule has 1 fully saturated rings. The van der Waals surface area contributed by atoms with Crippen molar-refractivity contribution in [2.75, 3.05) is 71.2 Å². The Hall–Kier alpha value is -1.90. The minimum atomic E-state index is -0.205. The number of unbranched alkanes of at least 4 members (excludes halogenated alkanes) is 1. The lowest BCUT2D eigenvalue weighted by molar-refractivity contribution is 0.0487. The van der Waals surface area contributed by atoms with E-state index in [9.17, 15) is 4.39 Å². The average molecular weight is 411 g/mol. The molecule has 0 unspecified atom stereocenters. The summed E-state index contributed by atoms with van der Waals surface area (Å²) in [6, 6.07) is 5.35. The third kappa shape index (κ3) is 8.97. The molecule has 1 aromatic carbocycles. The van der Waals surface area contributed by atoms with Gasteiger partial charge in [-0.25, -0.2) is 4.39 Å². The number of guanidine groups is 1. The lowest BCUT2D eigenvalue weighted by Gasteiger charge is -2.29. The summed E-state index contributed by atoms with van der Waals surface area (Å²) in [5.41, 5.74) is 1.50. The van der Waals surface area contributed by atoms with Crippen LogP contribution in [0.4, 0.5) is 10.1 Å². The second kappa shape index (κ2) is 14.1. The zero-order chi connectivity index (χ0) is 20.7. The minimum Gasteiger partial charge on any atom is -0.379 e. The molecule has 2 rings (SSSR count). The van der Waals surface area contributed by atoms with Crippen LogP contribution in [0.15, 0.2) is 23.2 Å². The number of benzene rings is 1. The van der Waals surface area contributed by atoms with Gasteiger partial charge in [0, 0.05) is 39.8 Å². The Labute approximate surface area is 173 Å². The van der Waals surface area contributed by atoms with Crippen LogP contribution < -0.4 is 15.5 Å². The molecule has 7 nitrogen and oxygen atoms in total. The van der Waals surface area contributed by atoms with Crippen molar-refractivity contribution in [2.24, 2.45) is 4.99 Å². The minimum absolute atomic E-state index is 0.205. The molecule has 1 saturated heterocycles. The molecule has 0 spiro atoms. The van der Waals surface area contributed by atoms with E-state index in [0.717, 1.165) is 38.1 Å². The van der Waals surface area contributed by atoms with Crippen LogP contribution in [0.2, 0.25) is 0 Å². The Morgan fingerprint density at radius 1 is 1.14 bits per heavy atom.